The third-order valence-electron chi connectivity index (χ3n) is 4.48. The van der Waals surface area contributed by atoms with Crippen molar-refractivity contribution < 1.29 is 13.2 Å². The maximum absolute atomic E-state index is 12.6. The van der Waals surface area contributed by atoms with E-state index in [1.54, 1.807) is 37.4 Å². The molecule has 0 unspecified atom stereocenters. The molecule has 1 fully saturated rings. The average molecular weight is 360 g/mol. The van der Waals surface area contributed by atoms with Crippen molar-refractivity contribution in [2.24, 2.45) is 0 Å². The van der Waals surface area contributed by atoms with Gasteiger partial charge in [0.1, 0.15) is 5.75 Å². The van der Waals surface area contributed by atoms with Gasteiger partial charge in [0, 0.05) is 24.8 Å². The van der Waals surface area contributed by atoms with E-state index in [2.05, 4.69) is 9.62 Å². The molecule has 0 saturated carbocycles. The van der Waals surface area contributed by atoms with Crippen molar-refractivity contribution in [2.45, 2.75) is 31.1 Å². The summed E-state index contributed by atoms with van der Waals surface area (Å²) in [5.41, 5.74) is 2.53. The van der Waals surface area contributed by atoms with E-state index in [1.807, 2.05) is 19.1 Å². The van der Waals surface area contributed by atoms with Crippen LogP contribution < -0.4 is 14.4 Å². The molecule has 134 valence electrons. The Balaban J connectivity index is 1.85. The fourth-order valence-electron chi connectivity index (χ4n) is 3.03. The average Bonchev–Trinajstić information content (AvgIpc) is 2.63. The molecule has 2 aromatic carbocycles. The zero-order valence-electron chi connectivity index (χ0n) is 14.7. The summed E-state index contributed by atoms with van der Waals surface area (Å²) >= 11 is 0. The van der Waals surface area contributed by atoms with E-state index < -0.39 is 10.0 Å². The Morgan fingerprint density at radius 2 is 1.68 bits per heavy atom. The number of nitrogens with one attached hydrogen (secondary N) is 1. The Labute approximate surface area is 149 Å². The minimum absolute atomic E-state index is 0.236. The van der Waals surface area contributed by atoms with Gasteiger partial charge in [-0.15, -0.1) is 0 Å². The lowest BCUT2D eigenvalue weighted by atomic mass is 10.1. The molecule has 1 aliphatic rings. The molecule has 1 saturated heterocycles. The van der Waals surface area contributed by atoms with E-state index in [0.29, 0.717) is 11.4 Å². The lowest BCUT2D eigenvalue weighted by Crippen LogP contribution is -2.29. The molecule has 0 atom stereocenters. The number of ether oxygens (including phenoxy) is 1. The fraction of sp³-hybridized carbons (Fsp3) is 0.368. The molecule has 1 aliphatic heterocycles. The summed E-state index contributed by atoms with van der Waals surface area (Å²) in [5.74, 6) is 0.527. The predicted molar refractivity (Wildman–Crippen MR) is 101 cm³/mol. The van der Waals surface area contributed by atoms with E-state index in [-0.39, 0.29) is 4.90 Å². The molecule has 6 heteroatoms. The van der Waals surface area contributed by atoms with Crippen LogP contribution in [0.25, 0.3) is 0 Å². The number of nitrogens with zero attached hydrogens (tertiary/aromatic N) is 1. The van der Waals surface area contributed by atoms with Crippen LogP contribution in [0.5, 0.6) is 5.75 Å². The second-order valence-electron chi connectivity index (χ2n) is 6.35. The van der Waals surface area contributed by atoms with Gasteiger partial charge in [-0.05, 0) is 50.5 Å². The number of anilines is 2. The Kier molecular flexibility index (Phi) is 5.18. The molecule has 0 bridgehead atoms. The lowest BCUT2D eigenvalue weighted by Gasteiger charge is -2.29. The largest absolute Gasteiger partial charge is 0.494 e. The number of methoxy groups -OCH3 is 1. The Morgan fingerprint density at radius 1 is 1.00 bits per heavy atom. The first-order valence-corrected chi connectivity index (χ1v) is 10.0. The molecule has 0 amide bonds. The molecule has 0 radical (unpaired) electrons. The lowest BCUT2D eigenvalue weighted by molar-refractivity contribution is 0.416. The number of hydrogen-bond donors (Lipinski definition) is 1. The highest BCUT2D eigenvalue weighted by Crippen LogP contribution is 2.32. The summed E-state index contributed by atoms with van der Waals surface area (Å²) in [7, 11) is -2.09. The highest BCUT2D eigenvalue weighted by Gasteiger charge is 2.18. The highest BCUT2D eigenvalue weighted by molar-refractivity contribution is 7.92. The second-order valence-corrected chi connectivity index (χ2v) is 8.03. The smallest absolute Gasteiger partial charge is 0.262 e. The molecular weight excluding hydrogens is 336 g/mol. The van der Waals surface area contributed by atoms with Crippen LogP contribution in [0.15, 0.2) is 47.4 Å². The number of aryl methyl sites for hydroxylation is 1. The summed E-state index contributed by atoms with van der Waals surface area (Å²) in [4.78, 5) is 2.55. The van der Waals surface area contributed by atoms with Gasteiger partial charge >= 0.3 is 0 Å². The molecule has 2 aromatic rings. The first-order valence-electron chi connectivity index (χ1n) is 8.52. The summed E-state index contributed by atoms with van der Waals surface area (Å²) in [6, 6.07) is 12.4. The van der Waals surface area contributed by atoms with E-state index >= 15 is 0 Å². The van der Waals surface area contributed by atoms with Gasteiger partial charge in [0.2, 0.25) is 0 Å². The van der Waals surface area contributed by atoms with Gasteiger partial charge in [0.25, 0.3) is 10.0 Å². The van der Waals surface area contributed by atoms with Gasteiger partial charge in [-0.3, -0.25) is 4.72 Å². The van der Waals surface area contributed by atoms with Gasteiger partial charge in [0.05, 0.1) is 17.7 Å². The van der Waals surface area contributed by atoms with Gasteiger partial charge in [-0.25, -0.2) is 8.42 Å². The van der Waals surface area contributed by atoms with E-state index in [4.69, 9.17) is 4.74 Å². The maximum atomic E-state index is 12.6. The van der Waals surface area contributed by atoms with Crippen molar-refractivity contribution in [3.8, 4) is 5.75 Å². The minimum Gasteiger partial charge on any atom is -0.494 e. The number of benzene rings is 2. The van der Waals surface area contributed by atoms with Gasteiger partial charge in [-0.1, -0.05) is 17.7 Å². The quantitative estimate of drug-likeness (QED) is 0.881. The standard InChI is InChI=1S/C19H24N2O3S/c1-15-6-9-17(10-7-15)25(22,23)20-18-11-8-16(14-19(18)24-2)21-12-4-3-5-13-21/h6-11,14,20H,3-5,12-13H2,1-2H3. The molecule has 0 spiro atoms. The van der Waals surface area contributed by atoms with Crippen LogP contribution in [0.3, 0.4) is 0 Å². The van der Waals surface area contributed by atoms with Crippen molar-refractivity contribution in [2.75, 3.05) is 29.8 Å². The van der Waals surface area contributed by atoms with E-state index in [0.717, 1.165) is 24.3 Å². The van der Waals surface area contributed by atoms with Crippen molar-refractivity contribution >= 4 is 21.4 Å². The minimum atomic E-state index is -3.64. The molecule has 0 aromatic heterocycles. The van der Waals surface area contributed by atoms with Gasteiger partial charge in [-0.2, -0.15) is 0 Å². The van der Waals surface area contributed by atoms with Crippen molar-refractivity contribution in [3.63, 3.8) is 0 Å². The summed E-state index contributed by atoms with van der Waals surface area (Å²) in [5, 5.41) is 0. The topological polar surface area (TPSA) is 58.6 Å². The summed E-state index contributed by atoms with van der Waals surface area (Å²) < 4.78 is 33.2. The Bertz CT molecular complexity index is 826. The maximum Gasteiger partial charge on any atom is 0.262 e. The Hall–Kier alpha value is -2.21. The molecule has 1 N–H and O–H groups in total. The molecule has 3 rings (SSSR count). The van der Waals surface area contributed by atoms with Crippen LogP contribution in [-0.4, -0.2) is 28.6 Å². The third kappa shape index (κ3) is 4.07. The van der Waals surface area contributed by atoms with Crippen LogP contribution >= 0.6 is 0 Å². The van der Waals surface area contributed by atoms with Crippen molar-refractivity contribution in [1.82, 2.24) is 0 Å². The fourth-order valence-corrected chi connectivity index (χ4v) is 4.10. The number of hydrogen-bond acceptors (Lipinski definition) is 4. The van der Waals surface area contributed by atoms with Crippen LogP contribution in [0.2, 0.25) is 0 Å². The number of sulfonamides is 1. The van der Waals surface area contributed by atoms with Crippen LogP contribution in [0, 0.1) is 6.92 Å². The van der Waals surface area contributed by atoms with Gasteiger partial charge < -0.3 is 9.64 Å². The normalized spacial score (nSPS) is 15.0. The first-order chi connectivity index (χ1) is 12.0. The van der Waals surface area contributed by atoms with Crippen LogP contribution in [0.1, 0.15) is 24.8 Å². The molecule has 0 aliphatic carbocycles. The van der Waals surface area contributed by atoms with Crippen molar-refractivity contribution in [1.29, 1.82) is 0 Å². The zero-order chi connectivity index (χ0) is 17.9. The predicted octanol–water partition coefficient (Wildman–Crippen LogP) is 3.79. The van der Waals surface area contributed by atoms with Crippen LogP contribution in [0.4, 0.5) is 11.4 Å². The van der Waals surface area contributed by atoms with Crippen molar-refractivity contribution in [3.05, 3.63) is 48.0 Å². The molecule has 25 heavy (non-hydrogen) atoms. The molecule has 1 heterocycles. The summed E-state index contributed by atoms with van der Waals surface area (Å²) in [6.07, 6.45) is 3.64. The molecule has 5 nitrogen and oxygen atoms in total. The van der Waals surface area contributed by atoms with E-state index in [9.17, 15) is 8.42 Å². The summed E-state index contributed by atoms with van der Waals surface area (Å²) in [6.45, 7) is 3.97. The highest BCUT2D eigenvalue weighted by atomic mass is 32.2. The van der Waals surface area contributed by atoms with E-state index in [1.165, 1.54) is 19.3 Å². The number of piperidine rings is 1. The SMILES string of the molecule is COc1cc(N2CCCCC2)ccc1NS(=O)(=O)c1ccc(C)cc1. The first kappa shape index (κ1) is 17.6. The Morgan fingerprint density at radius 3 is 2.32 bits per heavy atom. The third-order valence-corrected chi connectivity index (χ3v) is 5.86. The van der Waals surface area contributed by atoms with Gasteiger partial charge in [0.15, 0.2) is 0 Å². The zero-order valence-corrected chi connectivity index (χ0v) is 15.5. The number of rotatable bonds is 5. The monoisotopic (exact) mass is 360 g/mol. The molecular formula is C19H24N2O3S. The van der Waals surface area contributed by atoms with Crippen LogP contribution in [-0.2, 0) is 10.0 Å². The second kappa shape index (κ2) is 7.35.